The Morgan fingerprint density at radius 3 is 2.86 bits per heavy atom. The van der Waals surface area contributed by atoms with Gasteiger partial charge in [-0.15, -0.1) is 0 Å². The van der Waals surface area contributed by atoms with Crippen molar-refractivity contribution in [1.82, 2.24) is 15.4 Å². The van der Waals surface area contributed by atoms with Gasteiger partial charge < -0.3 is 24.6 Å². The number of likely N-dealkylation sites (tertiary alicyclic amines) is 1. The summed E-state index contributed by atoms with van der Waals surface area (Å²) in [6.07, 6.45) is 3.01. The van der Waals surface area contributed by atoms with Gasteiger partial charge in [0.1, 0.15) is 0 Å². The number of nitrogens with one attached hydrogen (secondary N) is 1. The Morgan fingerprint density at radius 1 is 1.48 bits per heavy atom. The molecular weight excluding hydrogens is 278 g/mol. The van der Waals surface area contributed by atoms with Crippen LogP contribution >= 0.6 is 0 Å². The van der Waals surface area contributed by atoms with E-state index >= 15 is 0 Å². The molecule has 8 nitrogen and oxygen atoms in total. The molecule has 0 aliphatic carbocycles. The fourth-order valence-corrected chi connectivity index (χ4v) is 2.15. The highest BCUT2D eigenvalue weighted by molar-refractivity contribution is 5.74. The van der Waals surface area contributed by atoms with Crippen LogP contribution in [0.4, 0.5) is 4.79 Å². The Bertz CT molecular complexity index is 454. The summed E-state index contributed by atoms with van der Waals surface area (Å²) in [5.74, 6) is -0.255. The molecule has 0 aromatic carbocycles. The fourth-order valence-electron chi connectivity index (χ4n) is 2.15. The number of hydrogen-bond acceptors (Lipinski definition) is 5. The molecule has 0 atom stereocenters. The van der Waals surface area contributed by atoms with E-state index in [0.717, 1.165) is 12.8 Å². The molecule has 1 fully saturated rings. The summed E-state index contributed by atoms with van der Waals surface area (Å²) in [7, 11) is 0. The number of carboxylic acid groups (broad SMARTS) is 1. The molecule has 0 radical (unpaired) electrons. The van der Waals surface area contributed by atoms with Crippen molar-refractivity contribution in [3.8, 4) is 0 Å². The first-order valence-electron chi connectivity index (χ1n) is 6.91. The minimum atomic E-state index is -0.862. The number of hydrogen-bond donors (Lipinski definition) is 2. The summed E-state index contributed by atoms with van der Waals surface area (Å²) in [4.78, 5) is 24.1. The lowest BCUT2D eigenvalue weighted by atomic mass is 10.1. The van der Waals surface area contributed by atoms with Crippen LogP contribution < -0.4 is 5.32 Å². The van der Waals surface area contributed by atoms with Crippen molar-refractivity contribution >= 4 is 12.0 Å². The Kier molecular flexibility index (Phi) is 5.56. The van der Waals surface area contributed by atoms with Gasteiger partial charge in [-0.25, -0.2) is 4.79 Å². The summed E-state index contributed by atoms with van der Waals surface area (Å²) in [6.45, 7) is 1.73. The van der Waals surface area contributed by atoms with Crippen LogP contribution in [-0.2, 0) is 16.1 Å². The predicted octanol–water partition coefficient (Wildman–Crippen LogP) is 0.840. The van der Waals surface area contributed by atoms with E-state index in [0.29, 0.717) is 25.4 Å². The smallest absolute Gasteiger partial charge is 0.317 e. The monoisotopic (exact) mass is 297 g/mol. The number of nitrogens with zero attached hydrogens (tertiary/aromatic N) is 2. The van der Waals surface area contributed by atoms with Gasteiger partial charge in [-0.3, -0.25) is 4.79 Å². The molecule has 0 spiro atoms. The molecule has 1 aliphatic heterocycles. The molecule has 1 aromatic rings. The topological polar surface area (TPSA) is 105 Å². The van der Waals surface area contributed by atoms with Gasteiger partial charge >= 0.3 is 12.0 Å². The van der Waals surface area contributed by atoms with Crippen molar-refractivity contribution < 1.29 is 24.0 Å². The van der Waals surface area contributed by atoms with Crippen molar-refractivity contribution in [2.75, 3.05) is 19.7 Å². The van der Waals surface area contributed by atoms with Crippen molar-refractivity contribution in [3.05, 3.63) is 18.0 Å². The predicted molar refractivity (Wildman–Crippen MR) is 71.5 cm³/mol. The largest absolute Gasteiger partial charge is 0.481 e. The minimum absolute atomic E-state index is 0.0118. The molecule has 2 heterocycles. The molecule has 8 heteroatoms. The lowest BCUT2D eigenvalue weighted by Gasteiger charge is -2.31. The number of carbonyl (C=O) groups is 2. The van der Waals surface area contributed by atoms with Gasteiger partial charge in [-0.1, -0.05) is 5.16 Å². The quantitative estimate of drug-likeness (QED) is 0.806. The van der Waals surface area contributed by atoms with E-state index in [2.05, 4.69) is 10.5 Å². The summed E-state index contributed by atoms with van der Waals surface area (Å²) < 4.78 is 10.4. The second kappa shape index (κ2) is 7.63. The Morgan fingerprint density at radius 2 is 2.24 bits per heavy atom. The molecule has 0 unspecified atom stereocenters. The zero-order valence-corrected chi connectivity index (χ0v) is 11.7. The third kappa shape index (κ3) is 5.07. The van der Waals surface area contributed by atoms with E-state index < -0.39 is 5.97 Å². The maximum Gasteiger partial charge on any atom is 0.317 e. The summed E-state index contributed by atoms with van der Waals surface area (Å²) in [6, 6.07) is 1.55. The van der Waals surface area contributed by atoms with Crippen LogP contribution in [0.5, 0.6) is 0 Å². The van der Waals surface area contributed by atoms with Crippen LogP contribution in [0.25, 0.3) is 0 Å². The summed E-state index contributed by atoms with van der Waals surface area (Å²) in [5.41, 5.74) is 0. The number of aliphatic carboxylic acids is 1. The van der Waals surface area contributed by atoms with E-state index in [1.54, 1.807) is 11.0 Å². The van der Waals surface area contributed by atoms with Crippen LogP contribution in [0.1, 0.15) is 25.0 Å². The average molecular weight is 297 g/mol. The van der Waals surface area contributed by atoms with Crippen LogP contribution in [-0.4, -0.2) is 53.0 Å². The Labute approximate surface area is 122 Å². The molecule has 1 aromatic heterocycles. The molecule has 1 saturated heterocycles. The molecule has 2 amide bonds. The fraction of sp³-hybridized carbons (Fsp3) is 0.615. The van der Waals surface area contributed by atoms with E-state index in [1.165, 1.54) is 6.20 Å². The Balaban J connectivity index is 1.63. The van der Waals surface area contributed by atoms with Crippen molar-refractivity contribution in [1.29, 1.82) is 0 Å². The highest BCUT2D eigenvalue weighted by atomic mass is 16.5. The maximum absolute atomic E-state index is 11.9. The van der Waals surface area contributed by atoms with Crippen LogP contribution in [0.2, 0.25) is 0 Å². The second-order valence-electron chi connectivity index (χ2n) is 4.84. The molecule has 116 valence electrons. The number of rotatable bonds is 6. The number of piperidine rings is 1. The first-order chi connectivity index (χ1) is 10.1. The summed E-state index contributed by atoms with van der Waals surface area (Å²) >= 11 is 0. The van der Waals surface area contributed by atoms with Gasteiger partial charge in [0.25, 0.3) is 0 Å². The minimum Gasteiger partial charge on any atom is -0.481 e. The number of amides is 2. The van der Waals surface area contributed by atoms with Crippen molar-refractivity contribution in [3.63, 3.8) is 0 Å². The van der Waals surface area contributed by atoms with Gasteiger partial charge in [0, 0.05) is 19.2 Å². The second-order valence-corrected chi connectivity index (χ2v) is 4.84. The van der Waals surface area contributed by atoms with Crippen LogP contribution in [0, 0.1) is 0 Å². The number of carboxylic acids is 1. The molecule has 0 saturated carbocycles. The highest BCUT2D eigenvalue weighted by Crippen LogP contribution is 2.14. The average Bonchev–Trinajstić information content (AvgIpc) is 2.98. The molecule has 2 N–H and O–H groups in total. The van der Waals surface area contributed by atoms with Gasteiger partial charge in [0.15, 0.2) is 5.76 Å². The summed E-state index contributed by atoms with van der Waals surface area (Å²) in [5, 5.41) is 14.9. The van der Waals surface area contributed by atoms with Gasteiger partial charge in [-0.05, 0) is 12.8 Å². The van der Waals surface area contributed by atoms with E-state index in [4.69, 9.17) is 14.4 Å². The van der Waals surface area contributed by atoms with E-state index in [-0.39, 0.29) is 25.2 Å². The lowest BCUT2D eigenvalue weighted by Crippen LogP contribution is -2.45. The number of aromatic nitrogens is 1. The van der Waals surface area contributed by atoms with Gasteiger partial charge in [-0.2, -0.15) is 0 Å². The highest BCUT2D eigenvalue weighted by Gasteiger charge is 2.23. The van der Waals surface area contributed by atoms with E-state index in [1.807, 2.05) is 0 Å². The van der Waals surface area contributed by atoms with E-state index in [9.17, 15) is 9.59 Å². The number of carbonyl (C=O) groups excluding carboxylic acids is 1. The van der Waals surface area contributed by atoms with Gasteiger partial charge in [0.2, 0.25) is 0 Å². The zero-order valence-electron chi connectivity index (χ0n) is 11.7. The lowest BCUT2D eigenvalue weighted by molar-refractivity contribution is -0.138. The number of ether oxygens (including phenoxy) is 1. The third-order valence-electron chi connectivity index (χ3n) is 3.30. The zero-order chi connectivity index (χ0) is 15.1. The third-order valence-corrected chi connectivity index (χ3v) is 3.30. The Hall–Kier alpha value is -2.09. The molecule has 21 heavy (non-hydrogen) atoms. The van der Waals surface area contributed by atoms with Crippen molar-refractivity contribution in [2.45, 2.75) is 31.9 Å². The molecule has 0 bridgehead atoms. The molecular formula is C13H19N3O5. The molecule has 2 rings (SSSR count). The van der Waals surface area contributed by atoms with Crippen molar-refractivity contribution in [2.24, 2.45) is 0 Å². The first-order valence-corrected chi connectivity index (χ1v) is 6.91. The normalized spacial score (nSPS) is 15.9. The van der Waals surface area contributed by atoms with Crippen LogP contribution in [0.3, 0.4) is 0 Å². The molecule has 1 aliphatic rings. The number of urea groups is 1. The SMILES string of the molecule is O=C(O)CCOC1CCN(C(=O)NCc2ccno2)CC1. The van der Waals surface area contributed by atoms with Gasteiger partial charge in [0.05, 0.1) is 31.9 Å². The first kappa shape index (κ1) is 15.3. The van der Waals surface area contributed by atoms with Crippen LogP contribution in [0.15, 0.2) is 16.8 Å². The standard InChI is InChI=1S/C13H19N3O5/c17-12(18)4-8-20-10-2-6-16(7-3-10)13(19)14-9-11-1-5-15-21-11/h1,5,10H,2-4,6-9H2,(H,14,19)(H,17,18). The maximum atomic E-state index is 11.9.